The van der Waals surface area contributed by atoms with E-state index in [0.29, 0.717) is 37.4 Å². The molecule has 1 saturated heterocycles. The number of nitrogens with one attached hydrogen (secondary N) is 1. The van der Waals surface area contributed by atoms with Crippen LogP contribution in [0.5, 0.6) is 0 Å². The van der Waals surface area contributed by atoms with Gasteiger partial charge in [-0.05, 0) is 51.3 Å². The predicted molar refractivity (Wildman–Crippen MR) is 99.0 cm³/mol. The van der Waals surface area contributed by atoms with Crippen molar-refractivity contribution in [3.05, 3.63) is 23.8 Å². The second kappa shape index (κ2) is 8.60. The van der Waals surface area contributed by atoms with Crippen molar-refractivity contribution in [1.82, 2.24) is 9.80 Å². The summed E-state index contributed by atoms with van der Waals surface area (Å²) in [7, 11) is 0. The molecule has 0 saturated carbocycles. The largest absolute Gasteiger partial charge is 0.465 e. The lowest BCUT2D eigenvalue weighted by atomic mass is 10.0. The van der Waals surface area contributed by atoms with E-state index in [1.807, 2.05) is 13.8 Å². The van der Waals surface area contributed by atoms with E-state index in [4.69, 9.17) is 5.73 Å². The molecule has 1 atom stereocenters. The molecule has 0 radical (unpaired) electrons. The molecule has 0 aromatic heterocycles. The Balaban J connectivity index is 2.03. The van der Waals surface area contributed by atoms with Crippen LogP contribution in [-0.2, 0) is 0 Å². The summed E-state index contributed by atoms with van der Waals surface area (Å²) in [4.78, 5) is 26.9. The summed E-state index contributed by atoms with van der Waals surface area (Å²) in [6, 6.07) is 5.18. The van der Waals surface area contributed by atoms with E-state index in [0.717, 1.165) is 24.9 Å². The second-order valence-corrected chi connectivity index (χ2v) is 6.29. The number of carbonyl (C=O) groups is 2. The number of rotatable bonds is 6. The third kappa shape index (κ3) is 4.55. The molecule has 0 aliphatic carbocycles. The molecule has 0 spiro atoms. The maximum absolute atomic E-state index is 12.4. The molecule has 7 heteroatoms. The lowest BCUT2D eigenvalue weighted by Gasteiger charge is -2.33. The van der Waals surface area contributed by atoms with E-state index in [1.54, 1.807) is 23.1 Å². The first-order valence-electron chi connectivity index (χ1n) is 8.90. The van der Waals surface area contributed by atoms with Crippen molar-refractivity contribution in [3.63, 3.8) is 0 Å². The van der Waals surface area contributed by atoms with E-state index in [9.17, 15) is 14.7 Å². The fourth-order valence-electron chi connectivity index (χ4n) is 3.24. The third-order valence-electron chi connectivity index (χ3n) is 4.75. The third-order valence-corrected chi connectivity index (χ3v) is 4.75. The number of piperidine rings is 1. The van der Waals surface area contributed by atoms with Crippen molar-refractivity contribution >= 4 is 23.4 Å². The molecule has 1 fully saturated rings. The number of hydrogen-bond donors (Lipinski definition) is 3. The minimum Gasteiger partial charge on any atom is -0.465 e. The molecule has 1 heterocycles. The summed E-state index contributed by atoms with van der Waals surface area (Å²) in [5, 5.41) is 12.5. The Morgan fingerprint density at radius 3 is 2.64 bits per heavy atom. The Morgan fingerprint density at radius 2 is 2.04 bits per heavy atom. The Labute approximate surface area is 148 Å². The van der Waals surface area contributed by atoms with Crippen LogP contribution in [0.15, 0.2) is 18.2 Å². The van der Waals surface area contributed by atoms with Crippen molar-refractivity contribution in [1.29, 1.82) is 0 Å². The van der Waals surface area contributed by atoms with Gasteiger partial charge in [-0.1, -0.05) is 0 Å². The van der Waals surface area contributed by atoms with Crippen LogP contribution in [0.3, 0.4) is 0 Å². The molecule has 25 heavy (non-hydrogen) atoms. The minimum atomic E-state index is -0.875. The number of hydrogen-bond acceptors (Lipinski definition) is 4. The zero-order chi connectivity index (χ0) is 18.4. The number of carbonyl (C=O) groups excluding carboxylic acids is 1. The van der Waals surface area contributed by atoms with Crippen molar-refractivity contribution in [2.24, 2.45) is 0 Å². The highest BCUT2D eigenvalue weighted by Gasteiger charge is 2.26. The SMILES string of the molecule is CCN(CC)C(=O)c1ccc(NC[C@H]2CCCCN2C(=O)O)c(N)c1. The minimum absolute atomic E-state index is 0.0346. The number of anilines is 2. The number of carboxylic acid groups (broad SMARTS) is 1. The average Bonchev–Trinajstić information content (AvgIpc) is 2.61. The zero-order valence-corrected chi connectivity index (χ0v) is 15.0. The maximum atomic E-state index is 12.4. The average molecular weight is 348 g/mol. The van der Waals surface area contributed by atoms with Gasteiger partial charge in [0.15, 0.2) is 0 Å². The molecule has 1 aliphatic heterocycles. The van der Waals surface area contributed by atoms with E-state index < -0.39 is 6.09 Å². The normalized spacial score (nSPS) is 17.2. The summed E-state index contributed by atoms with van der Waals surface area (Å²) >= 11 is 0. The Bertz CT molecular complexity index is 616. The van der Waals surface area contributed by atoms with Crippen LogP contribution in [-0.4, -0.2) is 59.1 Å². The molecule has 4 N–H and O–H groups in total. The van der Waals surface area contributed by atoms with Crippen LogP contribution in [0, 0.1) is 0 Å². The van der Waals surface area contributed by atoms with Crippen LogP contribution in [0.25, 0.3) is 0 Å². The lowest BCUT2D eigenvalue weighted by molar-refractivity contribution is 0.0773. The number of likely N-dealkylation sites (tertiary alicyclic amines) is 1. The van der Waals surface area contributed by atoms with E-state index in [2.05, 4.69) is 5.32 Å². The lowest BCUT2D eigenvalue weighted by Crippen LogP contribution is -2.46. The summed E-state index contributed by atoms with van der Waals surface area (Å²) < 4.78 is 0. The van der Waals surface area contributed by atoms with Gasteiger partial charge in [0.05, 0.1) is 17.4 Å². The number of benzene rings is 1. The molecule has 2 rings (SSSR count). The van der Waals surface area contributed by atoms with E-state index >= 15 is 0 Å². The second-order valence-electron chi connectivity index (χ2n) is 6.29. The quantitative estimate of drug-likeness (QED) is 0.687. The van der Waals surface area contributed by atoms with Gasteiger partial charge >= 0.3 is 6.09 Å². The van der Waals surface area contributed by atoms with Gasteiger partial charge in [0.2, 0.25) is 0 Å². The predicted octanol–water partition coefficient (Wildman–Crippen LogP) is 2.70. The van der Waals surface area contributed by atoms with Crippen molar-refractivity contribution in [3.8, 4) is 0 Å². The number of amides is 2. The van der Waals surface area contributed by atoms with Gasteiger partial charge < -0.3 is 26.0 Å². The monoisotopic (exact) mass is 348 g/mol. The van der Waals surface area contributed by atoms with E-state index in [-0.39, 0.29) is 11.9 Å². The Hall–Kier alpha value is -2.44. The molecule has 1 aliphatic rings. The molecule has 138 valence electrons. The van der Waals surface area contributed by atoms with Crippen molar-refractivity contribution in [2.75, 3.05) is 37.2 Å². The number of nitrogens with two attached hydrogens (primary N) is 1. The summed E-state index contributed by atoms with van der Waals surface area (Å²) in [6.45, 7) is 6.29. The van der Waals surface area contributed by atoms with Gasteiger partial charge in [-0.15, -0.1) is 0 Å². The highest BCUT2D eigenvalue weighted by atomic mass is 16.4. The smallest absolute Gasteiger partial charge is 0.407 e. The molecule has 7 nitrogen and oxygen atoms in total. The molecular weight excluding hydrogens is 320 g/mol. The van der Waals surface area contributed by atoms with Crippen molar-refractivity contribution in [2.45, 2.75) is 39.2 Å². The molecule has 0 bridgehead atoms. The fourth-order valence-corrected chi connectivity index (χ4v) is 3.24. The first-order valence-corrected chi connectivity index (χ1v) is 8.90. The van der Waals surface area contributed by atoms with Crippen LogP contribution < -0.4 is 11.1 Å². The molecule has 2 amide bonds. The van der Waals surface area contributed by atoms with Gasteiger partial charge in [-0.25, -0.2) is 4.79 Å². The van der Waals surface area contributed by atoms with Crippen LogP contribution >= 0.6 is 0 Å². The fraction of sp³-hybridized carbons (Fsp3) is 0.556. The number of nitrogens with zero attached hydrogens (tertiary/aromatic N) is 2. The van der Waals surface area contributed by atoms with E-state index in [1.165, 1.54) is 4.90 Å². The Kier molecular flexibility index (Phi) is 6.50. The molecule has 0 unspecified atom stereocenters. The summed E-state index contributed by atoms with van der Waals surface area (Å²) in [6.07, 6.45) is 1.91. The molecule has 1 aromatic rings. The summed E-state index contributed by atoms with van der Waals surface area (Å²) in [5.41, 5.74) is 7.88. The van der Waals surface area contributed by atoms with Gasteiger partial charge in [0, 0.05) is 31.7 Å². The zero-order valence-electron chi connectivity index (χ0n) is 15.0. The highest BCUT2D eigenvalue weighted by Crippen LogP contribution is 2.23. The van der Waals surface area contributed by atoms with Crippen LogP contribution in [0.2, 0.25) is 0 Å². The van der Waals surface area contributed by atoms with Crippen LogP contribution in [0.1, 0.15) is 43.5 Å². The first kappa shape index (κ1) is 18.9. The van der Waals surface area contributed by atoms with Gasteiger partial charge in [0.25, 0.3) is 5.91 Å². The first-order chi connectivity index (χ1) is 12.0. The molecule has 1 aromatic carbocycles. The standard InChI is InChI=1S/C18H28N4O3/c1-3-21(4-2)17(23)13-8-9-16(15(19)11-13)20-12-14-7-5-6-10-22(14)18(24)25/h8-9,11,14,20H,3-7,10,12,19H2,1-2H3,(H,24,25)/t14-/m1/s1. The van der Waals surface area contributed by atoms with Gasteiger partial charge in [-0.3, -0.25) is 4.79 Å². The maximum Gasteiger partial charge on any atom is 0.407 e. The topological polar surface area (TPSA) is 98.9 Å². The van der Waals surface area contributed by atoms with Crippen LogP contribution in [0.4, 0.5) is 16.2 Å². The Morgan fingerprint density at radius 1 is 1.32 bits per heavy atom. The van der Waals surface area contributed by atoms with Gasteiger partial charge in [-0.2, -0.15) is 0 Å². The number of nitrogen functional groups attached to an aromatic ring is 1. The van der Waals surface area contributed by atoms with Gasteiger partial charge in [0.1, 0.15) is 0 Å². The summed E-state index contributed by atoms with van der Waals surface area (Å²) in [5.74, 6) is -0.0346. The highest BCUT2D eigenvalue weighted by molar-refractivity contribution is 5.96. The molecular formula is C18H28N4O3. The van der Waals surface area contributed by atoms with Crippen molar-refractivity contribution < 1.29 is 14.7 Å².